The second-order valence-electron chi connectivity index (χ2n) is 5.96. The minimum atomic E-state index is -3.99. The molecule has 0 spiro atoms. The van der Waals surface area contributed by atoms with Crippen molar-refractivity contribution in [1.29, 1.82) is 0 Å². The smallest absolute Gasteiger partial charge is 0.246 e. The second kappa shape index (κ2) is 7.42. The maximum absolute atomic E-state index is 14.2. The molecule has 0 amide bonds. The summed E-state index contributed by atoms with van der Waals surface area (Å²) in [4.78, 5) is -0.366. The lowest BCUT2D eigenvalue weighted by molar-refractivity contribution is 0.351. The minimum absolute atomic E-state index is 0.152. The molecular formula is C18H19ClFNO4S. The van der Waals surface area contributed by atoms with Gasteiger partial charge in [-0.3, -0.25) is 0 Å². The third-order valence-electron chi connectivity index (χ3n) is 4.48. The van der Waals surface area contributed by atoms with E-state index in [-0.39, 0.29) is 9.92 Å². The molecule has 0 bridgehead atoms. The van der Waals surface area contributed by atoms with Crippen molar-refractivity contribution < 1.29 is 22.3 Å². The highest BCUT2D eigenvalue weighted by molar-refractivity contribution is 7.89. The van der Waals surface area contributed by atoms with Crippen molar-refractivity contribution in [3.05, 3.63) is 52.8 Å². The molecule has 1 unspecified atom stereocenters. The van der Waals surface area contributed by atoms with Gasteiger partial charge in [0.1, 0.15) is 10.7 Å². The van der Waals surface area contributed by atoms with Crippen LogP contribution in [0.1, 0.15) is 24.4 Å². The van der Waals surface area contributed by atoms with Gasteiger partial charge in [0, 0.05) is 11.6 Å². The van der Waals surface area contributed by atoms with Crippen molar-refractivity contribution in [3.8, 4) is 11.5 Å². The van der Waals surface area contributed by atoms with Crippen molar-refractivity contribution in [3.63, 3.8) is 0 Å². The third-order valence-corrected chi connectivity index (χ3v) is 6.65. The Balaban J connectivity index is 2.00. The summed E-state index contributed by atoms with van der Waals surface area (Å²) in [6, 6.07) is 8.49. The van der Waals surface area contributed by atoms with Gasteiger partial charge >= 0.3 is 0 Å². The van der Waals surface area contributed by atoms with Crippen LogP contribution in [0.2, 0.25) is 5.02 Å². The van der Waals surface area contributed by atoms with Gasteiger partial charge in [0.25, 0.3) is 0 Å². The van der Waals surface area contributed by atoms with Crippen LogP contribution in [0, 0.1) is 5.82 Å². The monoisotopic (exact) mass is 399 g/mol. The fraction of sp³-hybridized carbons (Fsp3) is 0.333. The Labute approximate surface area is 157 Å². The lowest BCUT2D eigenvalue weighted by Crippen LogP contribution is -2.31. The molecule has 1 fully saturated rings. The highest BCUT2D eigenvalue weighted by atomic mass is 35.5. The molecule has 0 saturated carbocycles. The predicted molar refractivity (Wildman–Crippen MR) is 96.8 cm³/mol. The molecule has 0 N–H and O–H groups in total. The number of hydrogen-bond acceptors (Lipinski definition) is 4. The lowest BCUT2D eigenvalue weighted by Gasteiger charge is -2.25. The van der Waals surface area contributed by atoms with Gasteiger partial charge in [0.15, 0.2) is 11.5 Å². The molecule has 8 heteroatoms. The van der Waals surface area contributed by atoms with Gasteiger partial charge in [-0.05, 0) is 48.7 Å². The highest BCUT2D eigenvalue weighted by Crippen LogP contribution is 2.40. The molecule has 140 valence electrons. The molecule has 0 aromatic heterocycles. The minimum Gasteiger partial charge on any atom is -0.493 e. The molecule has 2 aromatic carbocycles. The van der Waals surface area contributed by atoms with E-state index < -0.39 is 21.9 Å². The molecule has 1 atom stereocenters. The lowest BCUT2D eigenvalue weighted by atomic mass is 10.0. The number of nitrogens with zero attached hydrogens (tertiary/aromatic N) is 1. The number of benzene rings is 2. The fourth-order valence-electron chi connectivity index (χ4n) is 3.23. The van der Waals surface area contributed by atoms with Crippen molar-refractivity contribution in [2.75, 3.05) is 20.8 Å². The molecule has 0 radical (unpaired) electrons. The Kier molecular flexibility index (Phi) is 5.41. The van der Waals surface area contributed by atoms with E-state index in [1.54, 1.807) is 18.2 Å². The van der Waals surface area contributed by atoms with E-state index in [4.69, 9.17) is 21.1 Å². The van der Waals surface area contributed by atoms with E-state index in [9.17, 15) is 12.8 Å². The van der Waals surface area contributed by atoms with Gasteiger partial charge in [-0.15, -0.1) is 0 Å². The van der Waals surface area contributed by atoms with E-state index in [1.807, 2.05) is 0 Å². The summed E-state index contributed by atoms with van der Waals surface area (Å²) >= 11 is 5.74. The number of halogens is 2. The Bertz CT molecular complexity index is 919. The number of hydrogen-bond donors (Lipinski definition) is 0. The number of rotatable bonds is 5. The van der Waals surface area contributed by atoms with Crippen LogP contribution in [0.4, 0.5) is 4.39 Å². The fourth-order valence-corrected chi connectivity index (χ4v) is 5.12. The number of ether oxygens (including phenoxy) is 2. The highest BCUT2D eigenvalue weighted by Gasteiger charge is 2.37. The van der Waals surface area contributed by atoms with Crippen LogP contribution in [-0.2, 0) is 10.0 Å². The largest absolute Gasteiger partial charge is 0.493 e. The average molecular weight is 400 g/mol. The molecule has 1 heterocycles. The summed E-state index contributed by atoms with van der Waals surface area (Å²) in [6.07, 6.45) is 1.33. The summed E-state index contributed by atoms with van der Waals surface area (Å²) in [7, 11) is -0.934. The van der Waals surface area contributed by atoms with Gasteiger partial charge in [-0.2, -0.15) is 4.31 Å². The van der Waals surface area contributed by atoms with Crippen LogP contribution in [0.25, 0.3) is 0 Å². The van der Waals surface area contributed by atoms with Crippen molar-refractivity contribution in [1.82, 2.24) is 4.31 Å². The zero-order valence-corrected chi connectivity index (χ0v) is 16.0. The summed E-state index contributed by atoms with van der Waals surface area (Å²) in [6.45, 7) is 0.323. The van der Waals surface area contributed by atoms with Crippen LogP contribution in [0.5, 0.6) is 11.5 Å². The first kappa shape index (κ1) is 18.9. The van der Waals surface area contributed by atoms with Crippen LogP contribution in [0.15, 0.2) is 41.3 Å². The maximum Gasteiger partial charge on any atom is 0.246 e. The Hall–Kier alpha value is -1.83. The first-order valence-corrected chi connectivity index (χ1v) is 9.89. The van der Waals surface area contributed by atoms with E-state index in [0.29, 0.717) is 30.9 Å². The van der Waals surface area contributed by atoms with Crippen molar-refractivity contribution >= 4 is 21.6 Å². The summed E-state index contributed by atoms with van der Waals surface area (Å²) < 4.78 is 52.1. The van der Waals surface area contributed by atoms with Gasteiger partial charge in [-0.1, -0.05) is 17.7 Å². The molecule has 5 nitrogen and oxygen atoms in total. The molecule has 3 rings (SSSR count). The van der Waals surface area contributed by atoms with E-state index in [0.717, 1.165) is 11.6 Å². The van der Waals surface area contributed by atoms with Crippen LogP contribution in [-0.4, -0.2) is 33.5 Å². The molecule has 0 aliphatic carbocycles. The SMILES string of the molecule is COc1ccc(C2CCCN2S(=O)(=O)c2ccc(Cl)cc2F)cc1OC. The van der Waals surface area contributed by atoms with Crippen LogP contribution in [0.3, 0.4) is 0 Å². The first-order valence-electron chi connectivity index (χ1n) is 8.07. The van der Waals surface area contributed by atoms with E-state index in [2.05, 4.69) is 0 Å². The van der Waals surface area contributed by atoms with Gasteiger partial charge in [-0.25, -0.2) is 12.8 Å². The average Bonchev–Trinajstić information content (AvgIpc) is 3.11. The summed E-state index contributed by atoms with van der Waals surface area (Å²) in [5, 5.41) is 0.152. The summed E-state index contributed by atoms with van der Waals surface area (Å²) in [5.74, 6) is 0.231. The molecular weight excluding hydrogens is 381 g/mol. The normalized spacial score (nSPS) is 18.1. The van der Waals surface area contributed by atoms with E-state index >= 15 is 0 Å². The Morgan fingerprint density at radius 3 is 2.50 bits per heavy atom. The van der Waals surface area contributed by atoms with E-state index in [1.165, 1.54) is 30.7 Å². The Morgan fingerprint density at radius 2 is 1.85 bits per heavy atom. The van der Waals surface area contributed by atoms with Crippen LogP contribution < -0.4 is 9.47 Å². The van der Waals surface area contributed by atoms with Crippen LogP contribution >= 0.6 is 11.6 Å². The maximum atomic E-state index is 14.2. The molecule has 1 aliphatic heterocycles. The van der Waals surface area contributed by atoms with Crippen molar-refractivity contribution in [2.45, 2.75) is 23.8 Å². The quantitative estimate of drug-likeness (QED) is 0.761. The first-order chi connectivity index (χ1) is 12.4. The topological polar surface area (TPSA) is 55.8 Å². The van der Waals surface area contributed by atoms with Gasteiger partial charge in [0.05, 0.1) is 20.3 Å². The number of sulfonamides is 1. The molecule has 2 aromatic rings. The van der Waals surface area contributed by atoms with Crippen molar-refractivity contribution in [2.24, 2.45) is 0 Å². The molecule has 1 saturated heterocycles. The third kappa shape index (κ3) is 3.39. The van der Waals surface area contributed by atoms with Gasteiger partial charge in [0.2, 0.25) is 10.0 Å². The van der Waals surface area contributed by atoms with Gasteiger partial charge < -0.3 is 9.47 Å². The second-order valence-corrected chi connectivity index (χ2v) is 8.26. The number of methoxy groups -OCH3 is 2. The Morgan fingerprint density at radius 1 is 1.12 bits per heavy atom. The molecule has 26 heavy (non-hydrogen) atoms. The standard InChI is InChI=1S/C18H19ClFNO4S/c1-24-16-7-5-12(10-17(16)25-2)15-4-3-9-21(15)26(22,23)18-8-6-13(19)11-14(18)20/h5-8,10-11,15H,3-4,9H2,1-2H3. The molecule has 1 aliphatic rings. The zero-order valence-electron chi connectivity index (χ0n) is 14.4. The zero-order chi connectivity index (χ0) is 18.9. The predicted octanol–water partition coefficient (Wildman–Crippen LogP) is 4.02. The summed E-state index contributed by atoms with van der Waals surface area (Å²) in [5.41, 5.74) is 0.776.